The minimum atomic E-state index is -0.207. The first-order valence-electron chi connectivity index (χ1n) is 6.87. The molecule has 20 heavy (non-hydrogen) atoms. The van der Waals surface area contributed by atoms with Crippen molar-refractivity contribution in [3.05, 3.63) is 33.3 Å². The van der Waals surface area contributed by atoms with Crippen LogP contribution in [0.3, 0.4) is 0 Å². The van der Waals surface area contributed by atoms with E-state index < -0.39 is 0 Å². The topological polar surface area (TPSA) is 83.8 Å². The number of thiophene rings is 1. The number of aryl methyl sites for hydroxylation is 1. The van der Waals surface area contributed by atoms with Crippen LogP contribution in [0.25, 0.3) is 0 Å². The maximum atomic E-state index is 12.1. The maximum absolute atomic E-state index is 12.1. The zero-order valence-electron chi connectivity index (χ0n) is 11.4. The summed E-state index contributed by atoms with van der Waals surface area (Å²) < 4.78 is 0. The first kappa shape index (κ1) is 13.2. The first-order valence-corrected chi connectivity index (χ1v) is 7.75. The Morgan fingerprint density at radius 3 is 3.10 bits per heavy atom. The first-order chi connectivity index (χ1) is 9.70. The number of H-pyrrole nitrogens is 1. The van der Waals surface area contributed by atoms with Crippen molar-refractivity contribution in [3.8, 4) is 0 Å². The Labute approximate surface area is 121 Å². The molecular weight excluding hydrogens is 272 g/mol. The SMILES string of the molecule is CCc1ccsc1CNC(=O)c1n[nH]c(C2CC2)c1N. The van der Waals surface area contributed by atoms with E-state index in [2.05, 4.69) is 33.9 Å². The average molecular weight is 290 g/mol. The molecule has 0 aliphatic heterocycles. The predicted molar refractivity (Wildman–Crippen MR) is 79.8 cm³/mol. The maximum Gasteiger partial charge on any atom is 0.274 e. The normalized spacial score (nSPS) is 14.4. The molecule has 2 aromatic heterocycles. The van der Waals surface area contributed by atoms with E-state index in [9.17, 15) is 4.79 Å². The largest absolute Gasteiger partial charge is 0.395 e. The molecule has 6 heteroatoms. The van der Waals surface area contributed by atoms with Crippen LogP contribution >= 0.6 is 11.3 Å². The van der Waals surface area contributed by atoms with E-state index in [1.807, 2.05) is 0 Å². The summed E-state index contributed by atoms with van der Waals surface area (Å²) in [4.78, 5) is 13.3. The lowest BCUT2D eigenvalue weighted by molar-refractivity contribution is 0.0947. The highest BCUT2D eigenvalue weighted by Gasteiger charge is 2.30. The van der Waals surface area contributed by atoms with Gasteiger partial charge >= 0.3 is 0 Å². The molecule has 1 saturated carbocycles. The lowest BCUT2D eigenvalue weighted by Crippen LogP contribution is -2.24. The third-order valence-corrected chi connectivity index (χ3v) is 4.63. The van der Waals surface area contributed by atoms with Crippen molar-refractivity contribution in [2.75, 3.05) is 5.73 Å². The summed E-state index contributed by atoms with van der Waals surface area (Å²) in [5.74, 6) is 0.258. The molecule has 0 bridgehead atoms. The molecule has 0 spiro atoms. The van der Waals surface area contributed by atoms with Crippen molar-refractivity contribution >= 4 is 22.9 Å². The van der Waals surface area contributed by atoms with Crippen molar-refractivity contribution in [2.45, 2.75) is 38.6 Å². The molecular formula is C14H18N4OS. The molecule has 0 radical (unpaired) electrons. The molecule has 2 aromatic rings. The summed E-state index contributed by atoms with van der Waals surface area (Å²) in [5.41, 5.74) is 9.02. The summed E-state index contributed by atoms with van der Waals surface area (Å²) >= 11 is 1.66. The molecule has 4 N–H and O–H groups in total. The van der Waals surface area contributed by atoms with E-state index in [0.717, 1.165) is 25.0 Å². The average Bonchev–Trinajstić information content (AvgIpc) is 3.06. The van der Waals surface area contributed by atoms with Crippen LogP contribution in [-0.2, 0) is 13.0 Å². The van der Waals surface area contributed by atoms with E-state index in [4.69, 9.17) is 5.73 Å². The van der Waals surface area contributed by atoms with Gasteiger partial charge in [0.05, 0.1) is 17.9 Å². The van der Waals surface area contributed by atoms with E-state index in [1.54, 1.807) is 11.3 Å². The highest BCUT2D eigenvalue weighted by molar-refractivity contribution is 7.10. The standard InChI is InChI=1S/C14H18N4OS/c1-2-8-5-6-20-10(8)7-16-14(19)13-11(15)12(17-18-13)9-3-4-9/h5-6,9H,2-4,7,15H2,1H3,(H,16,19)(H,17,18). The second kappa shape index (κ2) is 5.28. The Kier molecular flexibility index (Phi) is 3.48. The van der Waals surface area contributed by atoms with Crippen molar-refractivity contribution in [3.63, 3.8) is 0 Å². The molecule has 1 aliphatic carbocycles. The van der Waals surface area contributed by atoms with Gasteiger partial charge in [0.1, 0.15) is 0 Å². The van der Waals surface area contributed by atoms with Gasteiger partial charge in [0, 0.05) is 10.8 Å². The van der Waals surface area contributed by atoms with E-state index in [-0.39, 0.29) is 5.91 Å². The summed E-state index contributed by atoms with van der Waals surface area (Å²) in [7, 11) is 0. The monoisotopic (exact) mass is 290 g/mol. The Balaban J connectivity index is 1.67. The fraction of sp³-hybridized carbons (Fsp3) is 0.429. The molecule has 1 aliphatic rings. The zero-order valence-corrected chi connectivity index (χ0v) is 12.2. The van der Waals surface area contributed by atoms with Gasteiger partial charge in [-0.15, -0.1) is 11.3 Å². The minimum absolute atomic E-state index is 0.207. The van der Waals surface area contributed by atoms with Gasteiger partial charge in [-0.25, -0.2) is 0 Å². The number of carbonyl (C=O) groups excluding carboxylic acids is 1. The van der Waals surface area contributed by atoms with Crippen LogP contribution in [0.2, 0.25) is 0 Å². The number of aromatic amines is 1. The predicted octanol–water partition coefficient (Wildman–Crippen LogP) is 2.42. The number of nitrogens with two attached hydrogens (primary N) is 1. The summed E-state index contributed by atoms with van der Waals surface area (Å²) in [6.45, 7) is 2.64. The van der Waals surface area contributed by atoms with E-state index in [1.165, 1.54) is 10.4 Å². The lowest BCUT2D eigenvalue weighted by atomic mass is 10.2. The number of anilines is 1. The van der Waals surface area contributed by atoms with Crippen molar-refractivity contribution in [2.24, 2.45) is 0 Å². The Bertz CT molecular complexity index is 627. The molecule has 0 unspecified atom stereocenters. The molecule has 2 heterocycles. The number of aromatic nitrogens is 2. The molecule has 0 saturated heterocycles. The van der Waals surface area contributed by atoms with Gasteiger partial charge in [-0.1, -0.05) is 6.92 Å². The van der Waals surface area contributed by atoms with Crippen molar-refractivity contribution in [1.29, 1.82) is 0 Å². The molecule has 0 aromatic carbocycles. The van der Waals surface area contributed by atoms with Gasteiger partial charge in [-0.2, -0.15) is 5.10 Å². The van der Waals surface area contributed by atoms with Crippen LogP contribution in [0.4, 0.5) is 5.69 Å². The number of nitrogens with one attached hydrogen (secondary N) is 2. The van der Waals surface area contributed by atoms with Gasteiger partial charge in [-0.3, -0.25) is 9.89 Å². The molecule has 1 amide bonds. The zero-order chi connectivity index (χ0) is 14.1. The van der Waals surface area contributed by atoms with Gasteiger partial charge in [0.2, 0.25) is 0 Å². The highest BCUT2D eigenvalue weighted by Crippen LogP contribution is 2.42. The highest BCUT2D eigenvalue weighted by atomic mass is 32.1. The van der Waals surface area contributed by atoms with Gasteiger partial charge in [-0.05, 0) is 36.3 Å². The summed E-state index contributed by atoms with van der Waals surface area (Å²) in [5, 5.41) is 11.9. The fourth-order valence-corrected chi connectivity index (χ4v) is 3.22. The summed E-state index contributed by atoms with van der Waals surface area (Å²) in [6.07, 6.45) is 3.23. The smallest absolute Gasteiger partial charge is 0.274 e. The fourth-order valence-electron chi connectivity index (χ4n) is 2.30. The number of hydrogen-bond acceptors (Lipinski definition) is 4. The molecule has 106 valence electrons. The van der Waals surface area contributed by atoms with Crippen molar-refractivity contribution < 1.29 is 4.79 Å². The van der Waals surface area contributed by atoms with Crippen LogP contribution in [0.5, 0.6) is 0 Å². The number of nitrogens with zero attached hydrogens (tertiary/aromatic N) is 1. The van der Waals surface area contributed by atoms with Gasteiger partial charge < -0.3 is 11.1 Å². The van der Waals surface area contributed by atoms with Crippen LogP contribution in [-0.4, -0.2) is 16.1 Å². The number of rotatable bonds is 5. The third-order valence-electron chi connectivity index (χ3n) is 3.66. The second-order valence-electron chi connectivity index (χ2n) is 5.08. The van der Waals surface area contributed by atoms with Crippen LogP contribution in [0.15, 0.2) is 11.4 Å². The van der Waals surface area contributed by atoms with Crippen LogP contribution in [0, 0.1) is 0 Å². The van der Waals surface area contributed by atoms with E-state index >= 15 is 0 Å². The van der Waals surface area contributed by atoms with Crippen molar-refractivity contribution in [1.82, 2.24) is 15.5 Å². The van der Waals surface area contributed by atoms with E-state index in [0.29, 0.717) is 23.8 Å². The lowest BCUT2D eigenvalue weighted by Gasteiger charge is -2.04. The quantitative estimate of drug-likeness (QED) is 0.790. The Hall–Kier alpha value is -1.82. The third kappa shape index (κ3) is 2.43. The summed E-state index contributed by atoms with van der Waals surface area (Å²) in [6, 6.07) is 2.10. The minimum Gasteiger partial charge on any atom is -0.395 e. The Morgan fingerprint density at radius 1 is 1.60 bits per heavy atom. The van der Waals surface area contributed by atoms with Crippen LogP contribution in [0.1, 0.15) is 52.3 Å². The molecule has 1 fully saturated rings. The number of amides is 1. The van der Waals surface area contributed by atoms with Gasteiger partial charge in [0.15, 0.2) is 5.69 Å². The molecule has 5 nitrogen and oxygen atoms in total. The number of nitrogen functional groups attached to an aromatic ring is 1. The molecule has 0 atom stereocenters. The number of carbonyl (C=O) groups is 1. The molecule has 3 rings (SSSR count). The second-order valence-corrected chi connectivity index (χ2v) is 6.08. The van der Waals surface area contributed by atoms with Gasteiger partial charge in [0.25, 0.3) is 5.91 Å². The Morgan fingerprint density at radius 2 is 2.40 bits per heavy atom. The van der Waals surface area contributed by atoms with Crippen LogP contribution < -0.4 is 11.1 Å². The number of hydrogen-bond donors (Lipinski definition) is 3.